The van der Waals surface area contributed by atoms with E-state index in [4.69, 9.17) is 0 Å². The highest BCUT2D eigenvalue weighted by Gasteiger charge is 2.50. The number of rotatable bonds is 5. The molecular weight excluding hydrogens is 358 g/mol. The third-order valence-corrected chi connectivity index (χ3v) is 5.85. The predicted molar refractivity (Wildman–Crippen MR) is 106 cm³/mol. The van der Waals surface area contributed by atoms with Crippen LogP contribution in [0, 0.1) is 0 Å². The molecular formula is C21H22N3O2S+. The highest BCUT2D eigenvalue weighted by Crippen LogP contribution is 2.30. The summed E-state index contributed by atoms with van der Waals surface area (Å²) in [7, 11) is 1.99. The monoisotopic (exact) mass is 380 g/mol. The molecule has 3 amide bonds. The van der Waals surface area contributed by atoms with Crippen molar-refractivity contribution >= 4 is 34.0 Å². The van der Waals surface area contributed by atoms with Gasteiger partial charge in [-0.1, -0.05) is 36.4 Å². The maximum Gasteiger partial charge on any atom is 0.329 e. The van der Waals surface area contributed by atoms with E-state index in [9.17, 15) is 9.59 Å². The summed E-state index contributed by atoms with van der Waals surface area (Å²) in [5.41, 5.74) is 0.975. The molecule has 3 aromatic rings. The van der Waals surface area contributed by atoms with Crippen molar-refractivity contribution in [3.05, 3.63) is 70.4 Å². The molecule has 1 aromatic heterocycles. The van der Waals surface area contributed by atoms with Crippen LogP contribution in [0.1, 0.15) is 18.1 Å². The Labute approximate surface area is 162 Å². The van der Waals surface area contributed by atoms with Gasteiger partial charge in [0.15, 0.2) is 6.67 Å². The van der Waals surface area contributed by atoms with Crippen molar-refractivity contribution in [3.8, 4) is 0 Å². The number of carbonyl (C=O) groups excluding carboxylic acids is 2. The van der Waals surface area contributed by atoms with Crippen LogP contribution in [0.25, 0.3) is 10.8 Å². The number of quaternary nitrogens is 1. The van der Waals surface area contributed by atoms with Gasteiger partial charge in [0.2, 0.25) is 0 Å². The fourth-order valence-corrected chi connectivity index (χ4v) is 4.27. The van der Waals surface area contributed by atoms with Crippen molar-refractivity contribution in [3.63, 3.8) is 0 Å². The lowest BCUT2D eigenvalue weighted by atomic mass is 9.90. The van der Waals surface area contributed by atoms with Crippen LogP contribution in [0.3, 0.4) is 0 Å². The minimum Gasteiger partial charge on any atom is -0.319 e. The van der Waals surface area contributed by atoms with Crippen LogP contribution in [0.5, 0.6) is 0 Å². The molecule has 27 heavy (non-hydrogen) atoms. The van der Waals surface area contributed by atoms with Crippen LogP contribution in [-0.2, 0) is 16.9 Å². The van der Waals surface area contributed by atoms with Crippen molar-refractivity contribution in [2.45, 2.75) is 19.0 Å². The summed E-state index contributed by atoms with van der Waals surface area (Å²) < 4.78 is 0. The van der Waals surface area contributed by atoms with E-state index < -0.39 is 5.54 Å². The second-order valence-corrected chi connectivity index (χ2v) is 8.05. The van der Waals surface area contributed by atoms with Crippen molar-refractivity contribution in [2.75, 3.05) is 13.7 Å². The van der Waals surface area contributed by atoms with E-state index in [1.807, 2.05) is 54.9 Å². The Morgan fingerprint density at radius 3 is 2.63 bits per heavy atom. The van der Waals surface area contributed by atoms with Gasteiger partial charge in [0, 0.05) is 5.56 Å². The van der Waals surface area contributed by atoms with Gasteiger partial charge in [-0.2, -0.15) is 11.3 Å². The first-order valence-electron chi connectivity index (χ1n) is 8.93. The summed E-state index contributed by atoms with van der Waals surface area (Å²) in [4.78, 5) is 28.1. The van der Waals surface area contributed by atoms with Gasteiger partial charge in [-0.3, -0.25) is 4.79 Å². The molecule has 2 heterocycles. The predicted octanol–water partition coefficient (Wildman–Crippen LogP) is 2.34. The van der Waals surface area contributed by atoms with E-state index in [1.165, 1.54) is 10.5 Å². The molecule has 1 unspecified atom stereocenters. The summed E-state index contributed by atoms with van der Waals surface area (Å²) in [5.74, 6) is -0.201. The molecule has 6 heteroatoms. The van der Waals surface area contributed by atoms with E-state index in [2.05, 4.69) is 16.8 Å². The van der Waals surface area contributed by atoms with Gasteiger partial charge in [-0.25, -0.2) is 9.69 Å². The maximum atomic E-state index is 13.1. The zero-order valence-electron chi connectivity index (χ0n) is 15.4. The van der Waals surface area contributed by atoms with E-state index in [-0.39, 0.29) is 11.9 Å². The molecule has 138 valence electrons. The number of amides is 3. The Hall–Kier alpha value is -2.70. The molecule has 2 N–H and O–H groups in total. The highest BCUT2D eigenvalue weighted by atomic mass is 32.1. The summed E-state index contributed by atoms with van der Waals surface area (Å²) in [6, 6.07) is 15.6. The van der Waals surface area contributed by atoms with E-state index >= 15 is 0 Å². The van der Waals surface area contributed by atoms with Gasteiger partial charge < -0.3 is 10.2 Å². The first-order chi connectivity index (χ1) is 13.0. The molecule has 0 spiro atoms. The second-order valence-electron chi connectivity index (χ2n) is 7.27. The lowest BCUT2D eigenvalue weighted by Gasteiger charge is -2.23. The van der Waals surface area contributed by atoms with Crippen LogP contribution in [0.4, 0.5) is 4.79 Å². The number of hydrogen-bond acceptors (Lipinski definition) is 3. The summed E-state index contributed by atoms with van der Waals surface area (Å²) in [6.07, 6.45) is 0. The third-order valence-electron chi connectivity index (χ3n) is 5.12. The fourth-order valence-electron chi connectivity index (χ4n) is 3.60. The number of nitrogens with one attached hydrogen (secondary N) is 2. The van der Waals surface area contributed by atoms with Crippen LogP contribution in [0.2, 0.25) is 0 Å². The standard InChI is InChI=1S/C21H21N3O2S/c1-21(18-8-7-16-5-3-4-6-17(16)11-18)19(25)24(20(26)22-21)14-23(2)12-15-9-10-27-13-15/h3-11,13H,12,14H2,1-2H3,(H,22,26)/p+1/t21-/m0/s1. The van der Waals surface area contributed by atoms with E-state index in [0.29, 0.717) is 6.67 Å². The molecule has 1 saturated heterocycles. The summed E-state index contributed by atoms with van der Waals surface area (Å²) in [5, 5.41) is 9.19. The molecule has 0 bridgehead atoms. The van der Waals surface area contributed by atoms with Gasteiger partial charge in [0.1, 0.15) is 12.1 Å². The number of nitrogens with zero attached hydrogens (tertiary/aromatic N) is 1. The molecule has 0 aliphatic carbocycles. The Morgan fingerprint density at radius 1 is 1.11 bits per heavy atom. The minimum absolute atomic E-state index is 0.201. The largest absolute Gasteiger partial charge is 0.329 e. The van der Waals surface area contributed by atoms with Crippen molar-refractivity contribution in [1.82, 2.24) is 10.2 Å². The van der Waals surface area contributed by atoms with Crippen LogP contribution >= 0.6 is 11.3 Å². The molecule has 2 atom stereocenters. The molecule has 1 aliphatic rings. The molecule has 0 radical (unpaired) electrons. The molecule has 0 saturated carbocycles. The Bertz CT molecular complexity index is 1000. The van der Waals surface area contributed by atoms with Crippen molar-refractivity contribution in [2.24, 2.45) is 0 Å². The zero-order chi connectivity index (χ0) is 19.0. The zero-order valence-corrected chi connectivity index (χ0v) is 16.2. The van der Waals surface area contributed by atoms with E-state index in [0.717, 1.165) is 27.8 Å². The number of imide groups is 1. The number of thiophene rings is 1. The average Bonchev–Trinajstić information content (AvgIpc) is 3.24. The lowest BCUT2D eigenvalue weighted by molar-refractivity contribution is -0.901. The second kappa shape index (κ2) is 6.79. The molecule has 4 rings (SSSR count). The van der Waals surface area contributed by atoms with Crippen LogP contribution in [-0.4, -0.2) is 30.6 Å². The van der Waals surface area contributed by atoms with Gasteiger partial charge >= 0.3 is 6.03 Å². The Balaban J connectivity index is 1.56. The summed E-state index contributed by atoms with van der Waals surface area (Å²) >= 11 is 1.65. The van der Waals surface area contributed by atoms with Crippen LogP contribution in [0.15, 0.2) is 59.3 Å². The van der Waals surface area contributed by atoms with Crippen LogP contribution < -0.4 is 10.2 Å². The minimum atomic E-state index is -1.04. The fraction of sp³-hybridized carbons (Fsp3) is 0.238. The van der Waals surface area contributed by atoms with Crippen molar-refractivity contribution < 1.29 is 14.5 Å². The van der Waals surface area contributed by atoms with Gasteiger partial charge in [0.05, 0.1) is 7.05 Å². The quantitative estimate of drug-likeness (QED) is 0.668. The number of carbonyl (C=O) groups is 2. The first kappa shape index (κ1) is 17.7. The normalized spacial score (nSPS) is 20.9. The number of hydrogen-bond donors (Lipinski definition) is 2. The number of fused-ring (bicyclic) bond motifs is 1. The van der Waals surface area contributed by atoms with Gasteiger partial charge in [0.25, 0.3) is 5.91 Å². The Morgan fingerprint density at radius 2 is 1.89 bits per heavy atom. The highest BCUT2D eigenvalue weighted by molar-refractivity contribution is 7.07. The smallest absolute Gasteiger partial charge is 0.319 e. The molecule has 1 aliphatic heterocycles. The average molecular weight is 380 g/mol. The number of urea groups is 1. The van der Waals surface area contributed by atoms with E-state index in [1.54, 1.807) is 18.3 Å². The topological polar surface area (TPSA) is 53.9 Å². The first-order valence-corrected chi connectivity index (χ1v) is 9.87. The maximum absolute atomic E-state index is 13.1. The van der Waals surface area contributed by atoms with Crippen molar-refractivity contribution in [1.29, 1.82) is 0 Å². The molecule has 2 aromatic carbocycles. The molecule has 1 fully saturated rings. The SMILES string of the molecule is C[NH+](Cc1ccsc1)CN1C(=O)N[C@@](C)(c2ccc3ccccc3c2)C1=O. The van der Waals surface area contributed by atoms with Gasteiger partial charge in [-0.15, -0.1) is 0 Å². The summed E-state index contributed by atoms with van der Waals surface area (Å²) in [6.45, 7) is 2.89. The Kier molecular flexibility index (Phi) is 4.45. The number of benzene rings is 2. The lowest BCUT2D eigenvalue weighted by Crippen LogP contribution is -3.09. The third kappa shape index (κ3) is 3.22. The van der Waals surface area contributed by atoms with Gasteiger partial charge in [-0.05, 0) is 46.2 Å². The molecule has 5 nitrogen and oxygen atoms in total.